The van der Waals surface area contributed by atoms with Gasteiger partial charge in [-0.05, 0) is 77.5 Å². The zero-order valence-corrected chi connectivity index (χ0v) is 13.6. The van der Waals surface area contributed by atoms with E-state index in [1.807, 2.05) is 23.5 Å². The van der Waals surface area contributed by atoms with Gasteiger partial charge in [0, 0.05) is 10.9 Å². The molecule has 0 amide bonds. The second kappa shape index (κ2) is 6.37. The summed E-state index contributed by atoms with van der Waals surface area (Å²) in [4.78, 5) is 1.52. The van der Waals surface area contributed by atoms with Gasteiger partial charge in [-0.2, -0.15) is 0 Å². The average Bonchev–Trinajstić information content (AvgIpc) is 2.82. The fraction of sp³-hybridized carbons (Fsp3) is 0.375. The molecule has 1 aliphatic rings. The second-order valence-corrected chi connectivity index (χ2v) is 7.72. The molecule has 1 N–H and O–H groups in total. The number of thiophene rings is 1. The van der Waals surface area contributed by atoms with Crippen LogP contribution in [-0.4, -0.2) is 6.54 Å². The minimum Gasteiger partial charge on any atom is -0.310 e. The van der Waals surface area contributed by atoms with Crippen molar-refractivity contribution in [2.75, 3.05) is 6.54 Å². The highest BCUT2D eigenvalue weighted by atomic mass is 79.9. The van der Waals surface area contributed by atoms with Crippen molar-refractivity contribution < 1.29 is 4.39 Å². The van der Waals surface area contributed by atoms with Gasteiger partial charge < -0.3 is 5.32 Å². The third-order valence-corrected chi connectivity index (χ3v) is 5.51. The molecule has 1 aromatic heterocycles. The molecule has 1 nitrogen and oxygen atoms in total. The number of benzene rings is 1. The number of aryl methyl sites for hydroxylation is 1. The monoisotopic (exact) mass is 353 g/mol. The normalized spacial score (nSPS) is 18.0. The summed E-state index contributed by atoms with van der Waals surface area (Å²) in [5.41, 5.74) is 2.65. The molecule has 106 valence electrons. The lowest BCUT2D eigenvalue weighted by Gasteiger charge is -2.23. The fourth-order valence-corrected chi connectivity index (χ4v) is 4.59. The Balaban J connectivity index is 1.58. The van der Waals surface area contributed by atoms with Crippen molar-refractivity contribution in [3.63, 3.8) is 0 Å². The first kappa shape index (κ1) is 14.2. The van der Waals surface area contributed by atoms with E-state index in [1.54, 1.807) is 0 Å². The van der Waals surface area contributed by atoms with E-state index in [9.17, 15) is 4.39 Å². The maximum atomic E-state index is 12.8. The quantitative estimate of drug-likeness (QED) is 0.827. The van der Waals surface area contributed by atoms with Gasteiger partial charge in [-0.3, -0.25) is 0 Å². The van der Waals surface area contributed by atoms with Crippen molar-refractivity contribution in [2.45, 2.75) is 31.7 Å². The van der Waals surface area contributed by atoms with Gasteiger partial charge in [0.15, 0.2) is 0 Å². The van der Waals surface area contributed by atoms with Gasteiger partial charge >= 0.3 is 0 Å². The maximum absolute atomic E-state index is 12.8. The van der Waals surface area contributed by atoms with Crippen LogP contribution in [0, 0.1) is 5.82 Å². The minimum atomic E-state index is -0.165. The zero-order valence-electron chi connectivity index (χ0n) is 11.2. The third-order valence-electron chi connectivity index (χ3n) is 3.80. The summed E-state index contributed by atoms with van der Waals surface area (Å²) in [5.74, 6) is -0.165. The van der Waals surface area contributed by atoms with Gasteiger partial charge in [0.05, 0.1) is 3.79 Å². The molecule has 1 aliphatic carbocycles. The van der Waals surface area contributed by atoms with Crippen molar-refractivity contribution >= 4 is 27.3 Å². The Hall–Kier alpha value is -0.710. The van der Waals surface area contributed by atoms with Gasteiger partial charge in [-0.15, -0.1) is 11.3 Å². The molecule has 0 saturated heterocycles. The van der Waals surface area contributed by atoms with Crippen LogP contribution in [-0.2, 0) is 12.8 Å². The summed E-state index contributed by atoms with van der Waals surface area (Å²) in [6, 6.07) is 9.53. The van der Waals surface area contributed by atoms with E-state index >= 15 is 0 Å². The Morgan fingerprint density at radius 1 is 1.30 bits per heavy atom. The van der Waals surface area contributed by atoms with Gasteiger partial charge in [-0.25, -0.2) is 4.39 Å². The molecule has 0 radical (unpaired) electrons. The molecule has 0 bridgehead atoms. The predicted molar refractivity (Wildman–Crippen MR) is 85.8 cm³/mol. The second-order valence-electron chi connectivity index (χ2n) is 5.20. The standard InChI is InChI=1S/C16H17BrFNS/c17-16-10-13-14(2-1-3-15(13)20-16)19-9-8-11-4-6-12(18)7-5-11/h4-7,10,14,19H,1-3,8-9H2. The van der Waals surface area contributed by atoms with E-state index in [1.165, 1.54) is 51.2 Å². The number of fused-ring (bicyclic) bond motifs is 1. The molecule has 2 aromatic rings. The van der Waals surface area contributed by atoms with Crippen LogP contribution in [0.3, 0.4) is 0 Å². The first-order valence-corrected chi connectivity index (χ1v) is 8.59. The van der Waals surface area contributed by atoms with Crippen LogP contribution < -0.4 is 5.32 Å². The van der Waals surface area contributed by atoms with E-state index in [2.05, 4.69) is 27.3 Å². The highest BCUT2D eigenvalue weighted by Crippen LogP contribution is 2.37. The summed E-state index contributed by atoms with van der Waals surface area (Å²) < 4.78 is 14.1. The van der Waals surface area contributed by atoms with Crippen molar-refractivity contribution in [1.29, 1.82) is 0 Å². The Morgan fingerprint density at radius 3 is 2.90 bits per heavy atom. The molecule has 0 fully saturated rings. The third kappa shape index (κ3) is 3.30. The summed E-state index contributed by atoms with van der Waals surface area (Å²) in [6.07, 6.45) is 4.62. The van der Waals surface area contributed by atoms with Crippen molar-refractivity contribution in [3.05, 3.63) is 55.9 Å². The number of hydrogen-bond donors (Lipinski definition) is 1. The smallest absolute Gasteiger partial charge is 0.123 e. The van der Waals surface area contributed by atoms with Crippen molar-refractivity contribution in [1.82, 2.24) is 5.32 Å². The van der Waals surface area contributed by atoms with Gasteiger partial charge in [0.2, 0.25) is 0 Å². The van der Waals surface area contributed by atoms with Crippen LogP contribution in [0.25, 0.3) is 0 Å². The fourth-order valence-electron chi connectivity index (χ4n) is 2.78. The minimum absolute atomic E-state index is 0.165. The average molecular weight is 354 g/mol. The number of nitrogens with one attached hydrogen (secondary N) is 1. The lowest BCUT2D eigenvalue weighted by molar-refractivity contribution is 0.467. The lowest BCUT2D eigenvalue weighted by atomic mass is 9.94. The number of halogens is 2. The van der Waals surface area contributed by atoms with E-state index in [-0.39, 0.29) is 5.82 Å². The van der Waals surface area contributed by atoms with Crippen LogP contribution in [0.2, 0.25) is 0 Å². The molecule has 1 heterocycles. The Kier molecular flexibility index (Phi) is 4.54. The summed E-state index contributed by atoms with van der Waals surface area (Å²) in [7, 11) is 0. The van der Waals surface area contributed by atoms with E-state index in [4.69, 9.17) is 0 Å². The van der Waals surface area contributed by atoms with E-state index < -0.39 is 0 Å². The number of rotatable bonds is 4. The van der Waals surface area contributed by atoms with Gasteiger partial charge in [-0.1, -0.05) is 12.1 Å². The van der Waals surface area contributed by atoms with Crippen molar-refractivity contribution in [2.24, 2.45) is 0 Å². The van der Waals surface area contributed by atoms with E-state index in [0.717, 1.165) is 13.0 Å². The summed E-state index contributed by atoms with van der Waals surface area (Å²) in [6.45, 7) is 0.934. The topological polar surface area (TPSA) is 12.0 Å². The highest BCUT2D eigenvalue weighted by Gasteiger charge is 2.21. The molecule has 1 atom stereocenters. The lowest BCUT2D eigenvalue weighted by Crippen LogP contribution is -2.26. The molecule has 1 aromatic carbocycles. The van der Waals surface area contributed by atoms with Crippen molar-refractivity contribution in [3.8, 4) is 0 Å². The molecule has 1 unspecified atom stereocenters. The van der Waals surface area contributed by atoms with Crippen LogP contribution in [0.1, 0.15) is 34.9 Å². The first-order chi connectivity index (χ1) is 9.72. The molecule has 0 spiro atoms. The zero-order chi connectivity index (χ0) is 13.9. The molecule has 3 rings (SSSR count). The SMILES string of the molecule is Fc1ccc(CCNC2CCCc3sc(Br)cc32)cc1. The van der Waals surface area contributed by atoms with E-state index in [0.29, 0.717) is 6.04 Å². The van der Waals surface area contributed by atoms with Crippen LogP contribution >= 0.6 is 27.3 Å². The molecule has 20 heavy (non-hydrogen) atoms. The Labute approximate surface area is 131 Å². The van der Waals surface area contributed by atoms with Crippen LogP contribution in [0.15, 0.2) is 34.1 Å². The predicted octanol–water partition coefficient (Wildman–Crippen LogP) is 4.86. The van der Waals surface area contributed by atoms with Gasteiger partial charge in [0.1, 0.15) is 5.82 Å². The van der Waals surface area contributed by atoms with Crippen LogP contribution in [0.5, 0.6) is 0 Å². The molecular weight excluding hydrogens is 337 g/mol. The van der Waals surface area contributed by atoms with Gasteiger partial charge in [0.25, 0.3) is 0 Å². The molecule has 0 aliphatic heterocycles. The molecule has 4 heteroatoms. The largest absolute Gasteiger partial charge is 0.310 e. The summed E-state index contributed by atoms with van der Waals surface area (Å²) in [5, 5.41) is 3.65. The molecule has 0 saturated carbocycles. The maximum Gasteiger partial charge on any atom is 0.123 e. The first-order valence-electron chi connectivity index (χ1n) is 6.98. The Bertz CT molecular complexity index is 579. The highest BCUT2D eigenvalue weighted by molar-refractivity contribution is 9.11. The number of hydrogen-bond acceptors (Lipinski definition) is 2. The molecular formula is C16H17BrFNS. The summed E-state index contributed by atoms with van der Waals surface area (Å²) >= 11 is 5.45. The Morgan fingerprint density at radius 2 is 2.10 bits per heavy atom. The van der Waals surface area contributed by atoms with Crippen LogP contribution in [0.4, 0.5) is 4.39 Å².